The van der Waals surface area contributed by atoms with Gasteiger partial charge in [0.05, 0.1) is 0 Å². The third-order valence-electron chi connectivity index (χ3n) is 1.63. The fraction of sp³-hybridized carbons (Fsp3) is 0.375. The number of amides is 1. The minimum Gasteiger partial charge on any atom is -0.352 e. The van der Waals surface area contributed by atoms with Crippen LogP contribution in [0.5, 0.6) is 0 Å². The van der Waals surface area contributed by atoms with Gasteiger partial charge in [0.25, 0.3) is 0 Å². The molecule has 0 aliphatic carbocycles. The summed E-state index contributed by atoms with van der Waals surface area (Å²) in [5.41, 5.74) is -1.23. The minimum absolute atomic E-state index is 0.147. The van der Waals surface area contributed by atoms with Crippen LogP contribution in [0.2, 0.25) is 0 Å². The number of rotatable bonds is 2. The molecule has 0 spiro atoms. The molecule has 0 aromatic carbocycles. The zero-order valence-electron chi connectivity index (χ0n) is 8.10. The molecule has 0 unspecified atom stereocenters. The molecule has 4 nitrogen and oxygen atoms in total. The normalized spacial score (nSPS) is 11.3. The van der Waals surface area contributed by atoms with Crippen molar-refractivity contribution in [1.29, 1.82) is 0 Å². The Bertz CT molecular complexity index is 408. The standard InChI is InChI=1S/C8H7BrF3N3O/c1-4(16)13-2-5-3-14-7(9)15-6(5)8(10,11)12/h3H,2H2,1H3,(H,13,16). The van der Waals surface area contributed by atoms with Crippen LogP contribution in [-0.2, 0) is 17.5 Å². The molecule has 8 heteroatoms. The Morgan fingerprint density at radius 2 is 2.19 bits per heavy atom. The third kappa shape index (κ3) is 3.44. The molecule has 0 bridgehead atoms. The molecule has 88 valence electrons. The van der Waals surface area contributed by atoms with E-state index in [2.05, 4.69) is 31.2 Å². The van der Waals surface area contributed by atoms with Gasteiger partial charge in [-0.25, -0.2) is 9.97 Å². The monoisotopic (exact) mass is 297 g/mol. The summed E-state index contributed by atoms with van der Waals surface area (Å²) in [6.45, 7) is 0.963. The van der Waals surface area contributed by atoms with Crippen LogP contribution >= 0.6 is 15.9 Å². The second-order valence-corrected chi connectivity index (χ2v) is 3.63. The smallest absolute Gasteiger partial charge is 0.352 e. The molecule has 1 aromatic rings. The van der Waals surface area contributed by atoms with Gasteiger partial charge in [0, 0.05) is 25.2 Å². The largest absolute Gasteiger partial charge is 0.433 e. The molecule has 0 aliphatic rings. The Labute approximate surface area is 97.4 Å². The van der Waals surface area contributed by atoms with Gasteiger partial charge in [0.1, 0.15) is 0 Å². The summed E-state index contributed by atoms with van der Waals surface area (Å²) in [4.78, 5) is 17.4. The van der Waals surface area contributed by atoms with E-state index in [4.69, 9.17) is 0 Å². The van der Waals surface area contributed by atoms with Crippen molar-refractivity contribution in [3.05, 3.63) is 22.2 Å². The fourth-order valence-corrected chi connectivity index (χ4v) is 1.26. The van der Waals surface area contributed by atoms with Gasteiger partial charge in [-0.1, -0.05) is 0 Å². The highest BCUT2D eigenvalue weighted by atomic mass is 79.9. The number of alkyl halides is 3. The number of hydrogen-bond donors (Lipinski definition) is 1. The summed E-state index contributed by atoms with van der Waals surface area (Å²) in [6, 6.07) is 0. The van der Waals surface area contributed by atoms with E-state index in [1.165, 1.54) is 6.92 Å². The summed E-state index contributed by atoms with van der Waals surface area (Å²) in [5, 5.41) is 2.26. The lowest BCUT2D eigenvalue weighted by molar-refractivity contribution is -0.142. The van der Waals surface area contributed by atoms with Gasteiger partial charge >= 0.3 is 6.18 Å². The van der Waals surface area contributed by atoms with Crippen molar-refractivity contribution in [1.82, 2.24) is 15.3 Å². The van der Waals surface area contributed by atoms with Gasteiger partial charge < -0.3 is 5.32 Å². The van der Waals surface area contributed by atoms with E-state index < -0.39 is 17.8 Å². The third-order valence-corrected chi connectivity index (χ3v) is 2.01. The first-order valence-electron chi connectivity index (χ1n) is 4.13. The number of carbonyl (C=O) groups excluding carboxylic acids is 1. The highest BCUT2D eigenvalue weighted by Gasteiger charge is 2.35. The molecule has 0 saturated carbocycles. The zero-order valence-corrected chi connectivity index (χ0v) is 9.68. The lowest BCUT2D eigenvalue weighted by Crippen LogP contribution is -2.22. The van der Waals surface area contributed by atoms with Crippen molar-refractivity contribution in [3.63, 3.8) is 0 Å². The summed E-state index contributed by atoms with van der Waals surface area (Å²) in [6.07, 6.45) is -3.55. The quantitative estimate of drug-likeness (QED) is 0.848. The molecular weight excluding hydrogens is 291 g/mol. The van der Waals surface area contributed by atoms with E-state index in [-0.39, 0.29) is 16.8 Å². The molecule has 1 heterocycles. The van der Waals surface area contributed by atoms with Crippen LogP contribution in [0.1, 0.15) is 18.2 Å². The Balaban J connectivity index is 3.03. The number of carbonyl (C=O) groups is 1. The predicted octanol–water partition coefficient (Wildman–Crippen LogP) is 1.89. The average molecular weight is 298 g/mol. The first-order valence-corrected chi connectivity index (χ1v) is 4.93. The first-order chi connectivity index (χ1) is 7.30. The maximum Gasteiger partial charge on any atom is 0.433 e. The van der Waals surface area contributed by atoms with Gasteiger partial charge in [-0.3, -0.25) is 4.79 Å². The maximum absolute atomic E-state index is 12.5. The van der Waals surface area contributed by atoms with Crippen LogP contribution in [0.25, 0.3) is 0 Å². The van der Waals surface area contributed by atoms with E-state index in [1.807, 2.05) is 0 Å². The Hall–Kier alpha value is -1.18. The molecule has 1 rings (SSSR count). The number of nitrogens with zero attached hydrogens (tertiary/aromatic N) is 2. The Morgan fingerprint density at radius 1 is 1.56 bits per heavy atom. The van der Waals surface area contributed by atoms with Crippen molar-refractivity contribution in [2.24, 2.45) is 0 Å². The van der Waals surface area contributed by atoms with Crippen molar-refractivity contribution in [2.75, 3.05) is 0 Å². The topological polar surface area (TPSA) is 54.9 Å². The predicted molar refractivity (Wildman–Crippen MR) is 52.3 cm³/mol. The van der Waals surface area contributed by atoms with Gasteiger partial charge in [0.2, 0.25) is 5.91 Å². The lowest BCUT2D eigenvalue weighted by Gasteiger charge is -2.11. The van der Waals surface area contributed by atoms with Crippen LogP contribution in [0, 0.1) is 0 Å². The van der Waals surface area contributed by atoms with E-state index in [1.54, 1.807) is 0 Å². The average Bonchev–Trinajstić information content (AvgIpc) is 2.14. The van der Waals surface area contributed by atoms with E-state index in [9.17, 15) is 18.0 Å². The van der Waals surface area contributed by atoms with Crippen molar-refractivity contribution >= 4 is 21.8 Å². The molecule has 16 heavy (non-hydrogen) atoms. The number of aromatic nitrogens is 2. The van der Waals surface area contributed by atoms with Crippen LogP contribution < -0.4 is 5.32 Å². The molecule has 1 amide bonds. The molecule has 1 N–H and O–H groups in total. The Kier molecular flexibility index (Phi) is 3.84. The molecule has 0 saturated heterocycles. The van der Waals surface area contributed by atoms with Crippen LogP contribution in [0.15, 0.2) is 10.9 Å². The van der Waals surface area contributed by atoms with Gasteiger partial charge in [-0.2, -0.15) is 13.2 Å². The molecule has 0 atom stereocenters. The number of hydrogen-bond acceptors (Lipinski definition) is 3. The second-order valence-electron chi connectivity index (χ2n) is 2.92. The van der Waals surface area contributed by atoms with E-state index in [0.29, 0.717) is 0 Å². The molecule has 0 radical (unpaired) electrons. The summed E-state index contributed by atoms with van der Waals surface area (Å²) >= 11 is 2.76. The van der Waals surface area contributed by atoms with Crippen molar-refractivity contribution in [3.8, 4) is 0 Å². The lowest BCUT2D eigenvalue weighted by atomic mass is 10.2. The van der Waals surface area contributed by atoms with Crippen LogP contribution in [0.3, 0.4) is 0 Å². The van der Waals surface area contributed by atoms with E-state index in [0.717, 1.165) is 6.20 Å². The van der Waals surface area contributed by atoms with Crippen LogP contribution in [-0.4, -0.2) is 15.9 Å². The summed E-state index contributed by atoms with van der Waals surface area (Å²) in [7, 11) is 0. The number of nitrogens with one attached hydrogen (secondary N) is 1. The first kappa shape index (κ1) is 12.9. The minimum atomic E-state index is -4.57. The Morgan fingerprint density at radius 3 is 2.69 bits per heavy atom. The molecule has 1 aromatic heterocycles. The van der Waals surface area contributed by atoms with Crippen molar-refractivity contribution < 1.29 is 18.0 Å². The fourth-order valence-electron chi connectivity index (χ4n) is 0.980. The van der Waals surface area contributed by atoms with Gasteiger partial charge in [-0.15, -0.1) is 0 Å². The zero-order chi connectivity index (χ0) is 12.3. The van der Waals surface area contributed by atoms with Gasteiger partial charge in [-0.05, 0) is 15.9 Å². The highest BCUT2D eigenvalue weighted by Crippen LogP contribution is 2.30. The maximum atomic E-state index is 12.5. The molecule has 0 aliphatic heterocycles. The van der Waals surface area contributed by atoms with Crippen molar-refractivity contribution in [2.45, 2.75) is 19.6 Å². The number of halogens is 4. The molecule has 0 fully saturated rings. The second kappa shape index (κ2) is 4.77. The van der Waals surface area contributed by atoms with Crippen LogP contribution in [0.4, 0.5) is 13.2 Å². The SMILES string of the molecule is CC(=O)NCc1cnc(Br)nc1C(F)(F)F. The summed E-state index contributed by atoms with van der Waals surface area (Å²) < 4.78 is 37.4. The summed E-state index contributed by atoms with van der Waals surface area (Å²) in [5.74, 6) is -0.420. The van der Waals surface area contributed by atoms with E-state index >= 15 is 0 Å². The molecular formula is C8H7BrF3N3O. The highest BCUT2D eigenvalue weighted by molar-refractivity contribution is 9.10. The van der Waals surface area contributed by atoms with Gasteiger partial charge in [0.15, 0.2) is 10.4 Å².